The van der Waals surface area contributed by atoms with E-state index in [1.54, 1.807) is 0 Å². The third-order valence-electron chi connectivity index (χ3n) is 3.36. The molecule has 0 aliphatic heterocycles. The summed E-state index contributed by atoms with van der Waals surface area (Å²) in [5.41, 5.74) is 0. The summed E-state index contributed by atoms with van der Waals surface area (Å²) in [5.74, 6) is -0.751. The Balaban J connectivity index is 2.87. The van der Waals surface area contributed by atoms with Crippen molar-refractivity contribution in [3.8, 4) is 0 Å². The Kier molecular flexibility index (Phi) is 6.08. The Morgan fingerprint density at radius 2 is 1.95 bits per heavy atom. The Morgan fingerprint density at radius 3 is 2.43 bits per heavy atom. The van der Waals surface area contributed by atoms with Crippen molar-refractivity contribution in [2.75, 3.05) is 14.2 Å². The van der Waals surface area contributed by atoms with Gasteiger partial charge in [-0.15, -0.1) is 0 Å². The highest BCUT2D eigenvalue weighted by Gasteiger charge is 2.50. The molecule has 0 N–H and O–H groups in total. The van der Waals surface area contributed by atoms with Crippen LogP contribution in [0.15, 0.2) is 24.0 Å². The van der Waals surface area contributed by atoms with Crippen molar-refractivity contribution < 1.29 is 27.9 Å². The second kappa shape index (κ2) is 7.16. The van der Waals surface area contributed by atoms with E-state index in [1.165, 1.54) is 33.3 Å². The maximum atomic E-state index is 12.5. The number of hydrogen-bond donors (Lipinski definition) is 0. The third kappa shape index (κ3) is 3.70. The Labute approximate surface area is 124 Å². The first-order chi connectivity index (χ1) is 9.82. The summed E-state index contributed by atoms with van der Waals surface area (Å²) in [4.78, 5) is 23.8. The van der Waals surface area contributed by atoms with E-state index in [0.29, 0.717) is 6.42 Å². The molecular formula is C14H21O6P. The molecule has 0 radical (unpaired) electrons. The molecule has 0 heterocycles. The SMILES string of the molecule is CCCCC(=O)OC1=CC(=O)C(C)(P(=O)(OC)OC)C=C1. The second-order valence-corrected chi connectivity index (χ2v) is 7.49. The molecule has 21 heavy (non-hydrogen) atoms. The first-order valence-electron chi connectivity index (χ1n) is 6.70. The number of hydrogen-bond acceptors (Lipinski definition) is 6. The van der Waals surface area contributed by atoms with Gasteiger partial charge in [-0.25, -0.2) is 0 Å². The maximum absolute atomic E-state index is 12.5. The minimum atomic E-state index is -3.62. The van der Waals surface area contributed by atoms with Crippen molar-refractivity contribution in [3.63, 3.8) is 0 Å². The van der Waals surface area contributed by atoms with Gasteiger partial charge < -0.3 is 13.8 Å². The van der Waals surface area contributed by atoms with Gasteiger partial charge in [0.2, 0.25) is 0 Å². The average molecular weight is 316 g/mol. The van der Waals surface area contributed by atoms with E-state index >= 15 is 0 Å². The molecule has 0 bridgehead atoms. The fourth-order valence-corrected chi connectivity index (χ4v) is 3.40. The lowest BCUT2D eigenvalue weighted by molar-refractivity contribution is -0.139. The number of carbonyl (C=O) groups is 2. The average Bonchev–Trinajstić information content (AvgIpc) is 2.48. The highest BCUT2D eigenvalue weighted by Crippen LogP contribution is 2.60. The van der Waals surface area contributed by atoms with E-state index in [4.69, 9.17) is 13.8 Å². The molecule has 7 heteroatoms. The maximum Gasteiger partial charge on any atom is 0.347 e. The third-order valence-corrected chi connectivity index (χ3v) is 5.83. The summed E-state index contributed by atoms with van der Waals surface area (Å²) < 4.78 is 27.3. The molecule has 0 aromatic rings. The van der Waals surface area contributed by atoms with Crippen molar-refractivity contribution in [2.45, 2.75) is 38.3 Å². The summed E-state index contributed by atoms with van der Waals surface area (Å²) in [5, 5.41) is -1.42. The van der Waals surface area contributed by atoms with Crippen LogP contribution in [0, 0.1) is 0 Å². The van der Waals surface area contributed by atoms with Gasteiger partial charge in [-0.3, -0.25) is 14.2 Å². The standard InChI is InChI=1S/C14H21O6P/c1-5-6-7-13(16)20-11-8-9-14(2,12(15)10-11)21(17,18-3)19-4/h8-10H,5-7H2,1-4H3. The van der Waals surface area contributed by atoms with Crippen LogP contribution in [0.2, 0.25) is 0 Å². The van der Waals surface area contributed by atoms with Gasteiger partial charge in [0.25, 0.3) is 0 Å². The smallest absolute Gasteiger partial charge is 0.347 e. The zero-order valence-electron chi connectivity index (χ0n) is 12.8. The molecule has 0 amide bonds. The molecule has 1 rings (SSSR count). The van der Waals surface area contributed by atoms with Crippen LogP contribution in [0.5, 0.6) is 0 Å². The van der Waals surface area contributed by atoms with Crippen LogP contribution in [0.1, 0.15) is 33.1 Å². The van der Waals surface area contributed by atoms with Gasteiger partial charge >= 0.3 is 13.6 Å². The molecule has 0 saturated heterocycles. The van der Waals surface area contributed by atoms with E-state index in [2.05, 4.69) is 0 Å². The van der Waals surface area contributed by atoms with Crippen LogP contribution in [0.3, 0.4) is 0 Å². The van der Waals surface area contributed by atoms with Gasteiger partial charge in [-0.05, 0) is 19.4 Å². The van der Waals surface area contributed by atoms with E-state index in [9.17, 15) is 14.2 Å². The molecule has 1 aliphatic rings. The number of allylic oxidation sites excluding steroid dienone is 3. The van der Waals surface area contributed by atoms with Crippen LogP contribution in [0.4, 0.5) is 0 Å². The summed E-state index contributed by atoms with van der Waals surface area (Å²) in [7, 11) is -1.18. The Bertz CT molecular complexity index is 514. The van der Waals surface area contributed by atoms with Crippen molar-refractivity contribution in [1.29, 1.82) is 0 Å². The zero-order chi connectivity index (χ0) is 16.1. The number of unbranched alkanes of at least 4 members (excludes halogenated alkanes) is 1. The summed E-state index contributed by atoms with van der Waals surface area (Å²) in [6.45, 7) is 3.43. The topological polar surface area (TPSA) is 78.9 Å². The fraction of sp³-hybridized carbons (Fsp3) is 0.571. The molecule has 0 spiro atoms. The molecule has 0 saturated carbocycles. The largest absolute Gasteiger partial charge is 0.426 e. The lowest BCUT2D eigenvalue weighted by Crippen LogP contribution is -2.35. The molecule has 118 valence electrons. The van der Waals surface area contributed by atoms with Crippen LogP contribution in [-0.2, 0) is 27.9 Å². The number of esters is 1. The van der Waals surface area contributed by atoms with E-state index < -0.39 is 24.5 Å². The first kappa shape index (κ1) is 17.8. The van der Waals surface area contributed by atoms with Crippen LogP contribution in [0.25, 0.3) is 0 Å². The second-order valence-electron chi connectivity index (χ2n) is 4.83. The normalized spacial score (nSPS) is 22.1. The molecule has 1 unspecified atom stereocenters. The molecule has 6 nitrogen and oxygen atoms in total. The van der Waals surface area contributed by atoms with Gasteiger partial charge in [0, 0.05) is 26.7 Å². The summed E-state index contributed by atoms with van der Waals surface area (Å²) in [6.07, 6.45) is 5.88. The highest BCUT2D eigenvalue weighted by atomic mass is 31.2. The van der Waals surface area contributed by atoms with Crippen molar-refractivity contribution >= 4 is 19.3 Å². The predicted molar refractivity (Wildman–Crippen MR) is 77.9 cm³/mol. The van der Waals surface area contributed by atoms with Crippen molar-refractivity contribution in [3.05, 3.63) is 24.0 Å². The molecular weight excluding hydrogens is 295 g/mol. The summed E-state index contributed by atoms with van der Waals surface area (Å²) in [6, 6.07) is 0. The lowest BCUT2D eigenvalue weighted by Gasteiger charge is -2.31. The molecule has 0 fully saturated rings. The lowest BCUT2D eigenvalue weighted by atomic mass is 10.00. The van der Waals surface area contributed by atoms with E-state index in [0.717, 1.165) is 18.9 Å². The highest BCUT2D eigenvalue weighted by molar-refractivity contribution is 7.57. The predicted octanol–water partition coefficient (Wildman–Crippen LogP) is 2.99. The minimum Gasteiger partial charge on any atom is -0.426 e. The van der Waals surface area contributed by atoms with E-state index in [1.807, 2.05) is 6.92 Å². The monoisotopic (exact) mass is 316 g/mol. The molecule has 0 aromatic heterocycles. The molecule has 0 aromatic carbocycles. The van der Waals surface area contributed by atoms with E-state index in [-0.39, 0.29) is 5.76 Å². The number of ether oxygens (including phenoxy) is 1. The van der Waals surface area contributed by atoms with Crippen LogP contribution >= 0.6 is 7.60 Å². The van der Waals surface area contributed by atoms with Gasteiger partial charge in [-0.1, -0.05) is 19.4 Å². The first-order valence-corrected chi connectivity index (χ1v) is 8.25. The van der Waals surface area contributed by atoms with Gasteiger partial charge in [0.05, 0.1) is 0 Å². The Hall–Kier alpha value is -1.23. The minimum absolute atomic E-state index is 0.136. The van der Waals surface area contributed by atoms with Crippen molar-refractivity contribution in [2.24, 2.45) is 0 Å². The van der Waals surface area contributed by atoms with Gasteiger partial charge in [0.1, 0.15) is 5.76 Å². The van der Waals surface area contributed by atoms with Crippen LogP contribution in [-0.4, -0.2) is 31.1 Å². The van der Waals surface area contributed by atoms with Gasteiger partial charge in [0.15, 0.2) is 10.9 Å². The molecule has 1 aliphatic carbocycles. The van der Waals surface area contributed by atoms with Crippen molar-refractivity contribution in [1.82, 2.24) is 0 Å². The quantitative estimate of drug-likeness (QED) is 0.530. The van der Waals surface area contributed by atoms with Crippen LogP contribution < -0.4 is 0 Å². The van der Waals surface area contributed by atoms with Gasteiger partial charge in [-0.2, -0.15) is 0 Å². The zero-order valence-corrected chi connectivity index (χ0v) is 13.6. The fourth-order valence-electron chi connectivity index (χ4n) is 1.90. The Morgan fingerprint density at radius 1 is 1.33 bits per heavy atom. The summed E-state index contributed by atoms with van der Waals surface area (Å²) >= 11 is 0. The molecule has 1 atom stereocenters. The number of carbonyl (C=O) groups excluding carboxylic acids is 2. The number of rotatable bonds is 7. The number of ketones is 1.